The van der Waals surface area contributed by atoms with Crippen molar-refractivity contribution < 1.29 is 36.5 Å². The van der Waals surface area contributed by atoms with Crippen molar-refractivity contribution in [3.8, 4) is 41.2 Å². The van der Waals surface area contributed by atoms with Gasteiger partial charge in [-0.05, 0) is 49.4 Å². The number of anilines is 1. The molecule has 1 saturated carbocycles. The maximum atomic E-state index is 16.9. The molecule has 14 heteroatoms. The molecule has 2 aromatic carbocycles. The molecular weight excluding hydrogens is 635 g/mol. The zero-order chi connectivity index (χ0) is 33.4. The molecule has 2 saturated heterocycles. The van der Waals surface area contributed by atoms with Crippen molar-refractivity contribution in [2.24, 2.45) is 11.3 Å². The minimum Gasteiger partial charge on any atom is -0.508 e. The van der Waals surface area contributed by atoms with Gasteiger partial charge in [-0.1, -0.05) is 12.0 Å². The number of likely N-dealkylation sites (tertiary alicyclic amines) is 1. The first-order valence-electron chi connectivity index (χ1n) is 15.9. The predicted octanol–water partition coefficient (Wildman–Crippen LogP) is 5.02. The average molecular weight is 667 g/mol. The van der Waals surface area contributed by atoms with Crippen LogP contribution in [0.3, 0.4) is 0 Å². The summed E-state index contributed by atoms with van der Waals surface area (Å²) in [5.74, 6) is -0.288. The third-order valence-electron chi connectivity index (χ3n) is 9.96. The molecule has 1 aliphatic carbocycles. The van der Waals surface area contributed by atoms with Gasteiger partial charge in [0.15, 0.2) is 5.82 Å². The summed E-state index contributed by atoms with van der Waals surface area (Å²) in [6.45, 7) is 2.91. The fraction of sp³-hybridized carbons (Fsp3) is 0.441. The highest BCUT2D eigenvalue weighted by molar-refractivity contribution is 6.04. The van der Waals surface area contributed by atoms with Crippen LogP contribution in [0.4, 0.5) is 27.8 Å². The maximum absolute atomic E-state index is 16.9. The monoisotopic (exact) mass is 666 g/mol. The van der Waals surface area contributed by atoms with E-state index in [9.17, 15) is 22.7 Å². The van der Waals surface area contributed by atoms with E-state index in [2.05, 4.69) is 21.2 Å². The van der Waals surface area contributed by atoms with E-state index in [1.54, 1.807) is 0 Å². The van der Waals surface area contributed by atoms with Gasteiger partial charge in [-0.25, -0.2) is 13.8 Å². The van der Waals surface area contributed by atoms with E-state index in [4.69, 9.17) is 20.9 Å². The molecule has 4 aromatic rings. The Balaban J connectivity index is 1.21. The Morgan fingerprint density at radius 1 is 1.12 bits per heavy atom. The van der Waals surface area contributed by atoms with Crippen molar-refractivity contribution in [2.45, 2.75) is 31.5 Å². The van der Waals surface area contributed by atoms with E-state index in [1.807, 2.05) is 9.80 Å². The van der Waals surface area contributed by atoms with Crippen molar-refractivity contribution in [3.05, 3.63) is 41.5 Å². The summed E-state index contributed by atoms with van der Waals surface area (Å²) in [4.78, 5) is 17.6. The van der Waals surface area contributed by atoms with Crippen molar-refractivity contribution in [3.63, 3.8) is 0 Å². The van der Waals surface area contributed by atoms with E-state index in [-0.39, 0.29) is 88.4 Å². The summed E-state index contributed by atoms with van der Waals surface area (Å²) in [7, 11) is 0. The molecule has 0 radical (unpaired) electrons. The highest BCUT2D eigenvalue weighted by atomic mass is 19.4. The number of ether oxygens (including phenoxy) is 2. The molecule has 3 fully saturated rings. The van der Waals surface area contributed by atoms with Gasteiger partial charge in [-0.2, -0.15) is 23.1 Å². The molecule has 4 aliphatic rings. The normalized spacial score (nSPS) is 21.9. The Hall–Kier alpha value is -4.48. The van der Waals surface area contributed by atoms with Crippen LogP contribution in [0.2, 0.25) is 0 Å². The maximum Gasteiger partial charge on any atom is 0.393 e. The van der Waals surface area contributed by atoms with Crippen LogP contribution in [-0.4, -0.2) is 89.7 Å². The van der Waals surface area contributed by atoms with Crippen LogP contribution < -0.4 is 19.7 Å². The number of hydrogen-bond donors (Lipinski definition) is 2. The van der Waals surface area contributed by atoms with Crippen LogP contribution >= 0.6 is 0 Å². The molecule has 2 atom stereocenters. The third kappa shape index (κ3) is 5.29. The van der Waals surface area contributed by atoms with Gasteiger partial charge >= 0.3 is 12.2 Å². The molecule has 0 bridgehead atoms. The molecule has 5 heterocycles. The predicted molar refractivity (Wildman–Crippen MR) is 167 cm³/mol. The quantitative estimate of drug-likeness (QED) is 0.217. The lowest BCUT2D eigenvalue weighted by molar-refractivity contribution is -0.170. The summed E-state index contributed by atoms with van der Waals surface area (Å²) >= 11 is 0. The van der Waals surface area contributed by atoms with E-state index >= 15 is 4.39 Å². The molecule has 2 aromatic heterocycles. The molecule has 0 spiro atoms. The number of phenols is 1. The number of aromatic nitrogens is 3. The second-order valence-corrected chi connectivity index (χ2v) is 13.2. The highest BCUT2D eigenvalue weighted by Crippen LogP contribution is 2.48. The van der Waals surface area contributed by atoms with Gasteiger partial charge in [0.2, 0.25) is 5.88 Å². The fourth-order valence-corrected chi connectivity index (χ4v) is 7.24. The van der Waals surface area contributed by atoms with Gasteiger partial charge in [0.05, 0.1) is 24.1 Å². The van der Waals surface area contributed by atoms with Crippen molar-refractivity contribution in [1.29, 1.82) is 0 Å². The first-order chi connectivity index (χ1) is 23.0. The van der Waals surface area contributed by atoms with E-state index < -0.39 is 23.7 Å². The lowest BCUT2D eigenvalue weighted by Crippen LogP contribution is -2.53. The largest absolute Gasteiger partial charge is 0.508 e. The summed E-state index contributed by atoms with van der Waals surface area (Å²) in [5, 5.41) is 14.7. The van der Waals surface area contributed by atoms with Crippen LogP contribution in [0.1, 0.15) is 24.8 Å². The van der Waals surface area contributed by atoms with Crippen LogP contribution in [0.25, 0.3) is 32.9 Å². The van der Waals surface area contributed by atoms with Gasteiger partial charge in [0, 0.05) is 49.1 Å². The number of alkyl halides is 3. The van der Waals surface area contributed by atoms with Crippen LogP contribution in [-0.2, 0) is 0 Å². The van der Waals surface area contributed by atoms with Crippen LogP contribution in [0.15, 0.2) is 24.3 Å². The second-order valence-electron chi connectivity index (χ2n) is 13.2. The van der Waals surface area contributed by atoms with Gasteiger partial charge in [0.1, 0.15) is 40.6 Å². The van der Waals surface area contributed by atoms with Crippen LogP contribution in [0.5, 0.6) is 17.6 Å². The number of nitrogens with zero attached hydrogens (tertiary/aromatic N) is 5. The standard InChI is InChI=1S/C34H31F5N6O3/c1-2-22-24(35)4-3-18-11-21(46)12-23(25(18)22)28-27(36)29-26-30(45-10-8-40-13-20(45)15-47-31(26)41-28)43-32(42-29)48-17-33(6-7-33)16-44-9-5-19(14-44)34(37,38)39/h1,3-4,11-12,19-20,40,46H,5-10,13-17H2/t19-,20+/m1/s1. The smallest absolute Gasteiger partial charge is 0.393 e. The lowest BCUT2D eigenvalue weighted by atomic mass is 9.95. The van der Waals surface area contributed by atoms with E-state index in [0.29, 0.717) is 43.9 Å². The Kier molecular flexibility index (Phi) is 7.26. The van der Waals surface area contributed by atoms with E-state index in [0.717, 1.165) is 12.8 Å². The van der Waals surface area contributed by atoms with Gasteiger partial charge < -0.3 is 29.7 Å². The zero-order valence-corrected chi connectivity index (χ0v) is 25.7. The zero-order valence-electron chi connectivity index (χ0n) is 25.7. The number of aromatic hydroxyl groups is 1. The molecule has 250 valence electrons. The molecule has 0 amide bonds. The van der Waals surface area contributed by atoms with Gasteiger partial charge in [-0.15, -0.1) is 6.42 Å². The molecular formula is C34H31F5N6O3. The fourth-order valence-electron chi connectivity index (χ4n) is 7.24. The second kappa shape index (κ2) is 11.3. The number of phenolic OH excluding ortho intramolecular Hbond substituents is 1. The van der Waals surface area contributed by atoms with Crippen molar-refractivity contribution in [1.82, 2.24) is 25.2 Å². The molecule has 3 aliphatic heterocycles. The summed E-state index contributed by atoms with van der Waals surface area (Å²) in [5.41, 5.74) is -0.789. The number of terminal acetylenes is 1. The SMILES string of the molecule is C#Cc1c(F)ccc2cc(O)cc(-c3nc4c5c(nc(OCC6(CN7CC[C@@H](C(F)(F)F)C7)CC6)nc5c3F)N3CCNC[C@H]3CO4)c12. The van der Waals surface area contributed by atoms with Crippen molar-refractivity contribution in [2.75, 3.05) is 57.4 Å². The van der Waals surface area contributed by atoms with E-state index in [1.165, 1.54) is 24.3 Å². The number of rotatable bonds is 6. The molecule has 9 nitrogen and oxygen atoms in total. The lowest BCUT2D eigenvalue weighted by Gasteiger charge is -2.35. The first-order valence-corrected chi connectivity index (χ1v) is 15.9. The number of hydrogen-bond acceptors (Lipinski definition) is 9. The topological polar surface area (TPSA) is 95.9 Å². The Morgan fingerprint density at radius 3 is 2.71 bits per heavy atom. The van der Waals surface area contributed by atoms with Gasteiger partial charge in [0.25, 0.3) is 0 Å². The molecule has 48 heavy (non-hydrogen) atoms. The Morgan fingerprint density at radius 2 is 1.96 bits per heavy atom. The Labute approximate surface area is 272 Å². The number of piperazine rings is 1. The number of benzene rings is 2. The third-order valence-corrected chi connectivity index (χ3v) is 9.96. The Bertz CT molecular complexity index is 2000. The number of pyridine rings is 1. The number of halogens is 5. The number of fused-ring (bicyclic) bond motifs is 3. The molecule has 2 N–H and O–H groups in total. The minimum atomic E-state index is -4.22. The highest BCUT2D eigenvalue weighted by Gasteiger charge is 2.49. The molecule has 0 unspecified atom stereocenters. The minimum absolute atomic E-state index is 0.0367. The van der Waals surface area contributed by atoms with Gasteiger partial charge in [-0.3, -0.25) is 0 Å². The number of nitrogens with one attached hydrogen (secondary N) is 1. The molecule has 8 rings (SSSR count). The average Bonchev–Trinajstić information content (AvgIpc) is 3.70. The summed E-state index contributed by atoms with van der Waals surface area (Å²) < 4.78 is 84.0. The summed E-state index contributed by atoms with van der Waals surface area (Å²) in [6, 6.07) is 5.04. The van der Waals surface area contributed by atoms with Crippen LogP contribution in [0, 0.1) is 35.3 Å². The summed E-state index contributed by atoms with van der Waals surface area (Å²) in [6.07, 6.45) is 3.09. The van der Waals surface area contributed by atoms with Crippen molar-refractivity contribution >= 4 is 27.5 Å². The first kappa shape index (κ1) is 30.8.